The monoisotopic (exact) mass is 386 g/mol. The maximum Gasteiger partial charge on any atom is 0.353 e. The molecule has 1 aliphatic rings. The number of aryl methyl sites for hydroxylation is 1. The van der Waals surface area contributed by atoms with Gasteiger partial charge >= 0.3 is 5.69 Å². The number of rotatable bonds is 4. The fourth-order valence-electron chi connectivity index (χ4n) is 3.23. The molecule has 140 valence electrons. The molecule has 1 fully saturated rings. The summed E-state index contributed by atoms with van der Waals surface area (Å²) in [6.07, 6.45) is 2.15. The van der Waals surface area contributed by atoms with Crippen molar-refractivity contribution in [2.24, 2.45) is 0 Å². The third-order valence-corrected chi connectivity index (χ3v) is 4.74. The fraction of sp³-hybridized carbons (Fsp3) is 0.333. The summed E-state index contributed by atoms with van der Waals surface area (Å²) >= 11 is 5.84. The lowest BCUT2D eigenvalue weighted by atomic mass is 10.3. The number of anilines is 2. The first-order valence-electron chi connectivity index (χ1n) is 8.79. The molecule has 0 spiro atoms. The minimum Gasteiger partial charge on any atom is -0.342 e. The second-order valence-electron chi connectivity index (χ2n) is 6.58. The minimum absolute atomic E-state index is 0.179. The van der Waals surface area contributed by atoms with E-state index in [1.807, 2.05) is 6.92 Å². The van der Waals surface area contributed by atoms with Gasteiger partial charge in [0.15, 0.2) is 5.65 Å². The van der Waals surface area contributed by atoms with Crippen molar-refractivity contribution in [3.63, 3.8) is 0 Å². The number of carbonyl (C=O) groups excluding carboxylic acids is 1. The van der Waals surface area contributed by atoms with Crippen molar-refractivity contribution in [1.82, 2.24) is 19.2 Å². The van der Waals surface area contributed by atoms with Gasteiger partial charge in [-0.25, -0.2) is 18.9 Å². The van der Waals surface area contributed by atoms with E-state index >= 15 is 0 Å². The van der Waals surface area contributed by atoms with Gasteiger partial charge in [0.2, 0.25) is 11.9 Å². The predicted octanol–water partition coefficient (Wildman–Crippen LogP) is 2.09. The van der Waals surface area contributed by atoms with E-state index in [1.165, 1.54) is 9.08 Å². The van der Waals surface area contributed by atoms with Crippen molar-refractivity contribution in [2.75, 3.05) is 23.3 Å². The molecule has 0 saturated carbocycles. The van der Waals surface area contributed by atoms with Crippen LogP contribution in [-0.2, 0) is 11.3 Å². The second-order valence-corrected chi connectivity index (χ2v) is 7.02. The third kappa shape index (κ3) is 3.52. The zero-order valence-corrected chi connectivity index (χ0v) is 15.6. The quantitative estimate of drug-likeness (QED) is 0.742. The van der Waals surface area contributed by atoms with Crippen LogP contribution in [-0.4, -0.2) is 38.2 Å². The summed E-state index contributed by atoms with van der Waals surface area (Å²) in [6.45, 7) is 3.42. The number of carbonyl (C=O) groups is 1. The minimum atomic E-state index is -0.370. The zero-order valence-electron chi connectivity index (χ0n) is 14.9. The van der Waals surface area contributed by atoms with E-state index in [4.69, 9.17) is 11.6 Å². The van der Waals surface area contributed by atoms with Crippen LogP contribution < -0.4 is 15.9 Å². The lowest BCUT2D eigenvalue weighted by Gasteiger charge is -2.17. The SMILES string of the molecule is Cc1cc2nn(CC(=O)Nc3ccc(Cl)cc3)c(=O)n2c(N2CCCC2)n1. The summed E-state index contributed by atoms with van der Waals surface area (Å²) in [5, 5.41) is 7.64. The van der Waals surface area contributed by atoms with Crippen molar-refractivity contribution in [3.05, 3.63) is 51.5 Å². The van der Waals surface area contributed by atoms with Crippen LogP contribution in [0.4, 0.5) is 11.6 Å². The number of aromatic nitrogens is 4. The molecule has 4 rings (SSSR count). The van der Waals surface area contributed by atoms with Gasteiger partial charge in [-0.1, -0.05) is 11.6 Å². The van der Waals surface area contributed by atoms with E-state index in [0.29, 0.717) is 22.3 Å². The number of amides is 1. The Morgan fingerprint density at radius 3 is 2.63 bits per heavy atom. The number of benzene rings is 1. The second kappa shape index (κ2) is 7.03. The molecule has 0 bridgehead atoms. The molecule has 1 N–H and O–H groups in total. The summed E-state index contributed by atoms with van der Waals surface area (Å²) in [5.41, 5.74) is 1.52. The Kier molecular flexibility index (Phi) is 4.57. The van der Waals surface area contributed by atoms with Crippen LogP contribution in [0.15, 0.2) is 35.1 Å². The molecule has 0 unspecified atom stereocenters. The largest absolute Gasteiger partial charge is 0.353 e. The molecule has 0 radical (unpaired) electrons. The summed E-state index contributed by atoms with van der Waals surface area (Å²) in [4.78, 5) is 31.8. The average molecular weight is 387 g/mol. The number of hydrogen-bond acceptors (Lipinski definition) is 5. The van der Waals surface area contributed by atoms with Gasteiger partial charge in [0, 0.05) is 35.6 Å². The summed E-state index contributed by atoms with van der Waals surface area (Å²) in [6, 6.07) is 8.52. The topological polar surface area (TPSA) is 84.5 Å². The Morgan fingerprint density at radius 1 is 1.22 bits per heavy atom. The summed E-state index contributed by atoms with van der Waals surface area (Å²) in [5.74, 6) is 0.257. The lowest BCUT2D eigenvalue weighted by Crippen LogP contribution is -2.31. The van der Waals surface area contributed by atoms with Crippen molar-refractivity contribution < 1.29 is 4.79 Å². The highest BCUT2D eigenvalue weighted by Crippen LogP contribution is 2.18. The first-order chi connectivity index (χ1) is 13.0. The fourth-order valence-corrected chi connectivity index (χ4v) is 3.36. The highest BCUT2D eigenvalue weighted by atomic mass is 35.5. The van der Waals surface area contributed by atoms with Gasteiger partial charge in [0.1, 0.15) is 6.54 Å². The van der Waals surface area contributed by atoms with E-state index in [9.17, 15) is 9.59 Å². The molecule has 2 aromatic heterocycles. The van der Waals surface area contributed by atoms with Crippen molar-refractivity contribution in [2.45, 2.75) is 26.3 Å². The van der Waals surface area contributed by atoms with Crippen LogP contribution in [0, 0.1) is 6.92 Å². The van der Waals surface area contributed by atoms with E-state index in [2.05, 4.69) is 20.3 Å². The summed E-state index contributed by atoms with van der Waals surface area (Å²) < 4.78 is 2.65. The molecule has 3 heterocycles. The number of hydrogen-bond donors (Lipinski definition) is 1. The molecule has 1 saturated heterocycles. The van der Waals surface area contributed by atoms with Crippen LogP contribution >= 0.6 is 11.6 Å². The number of nitrogens with zero attached hydrogens (tertiary/aromatic N) is 5. The summed E-state index contributed by atoms with van der Waals surface area (Å²) in [7, 11) is 0. The molecular weight excluding hydrogens is 368 g/mol. The molecular formula is C18H19ClN6O2. The first kappa shape index (κ1) is 17.5. The van der Waals surface area contributed by atoms with E-state index in [-0.39, 0.29) is 18.1 Å². The van der Waals surface area contributed by atoms with Gasteiger partial charge in [-0.05, 0) is 44.0 Å². The first-order valence-corrected chi connectivity index (χ1v) is 9.17. The van der Waals surface area contributed by atoms with E-state index < -0.39 is 0 Å². The van der Waals surface area contributed by atoms with Gasteiger partial charge in [-0.3, -0.25) is 4.79 Å². The maximum absolute atomic E-state index is 12.8. The highest BCUT2D eigenvalue weighted by molar-refractivity contribution is 6.30. The molecule has 0 aliphatic carbocycles. The van der Waals surface area contributed by atoms with Crippen LogP contribution in [0.25, 0.3) is 5.65 Å². The van der Waals surface area contributed by atoms with E-state index in [0.717, 1.165) is 31.6 Å². The Balaban J connectivity index is 1.63. The predicted molar refractivity (Wildman–Crippen MR) is 104 cm³/mol. The Morgan fingerprint density at radius 2 is 1.93 bits per heavy atom. The van der Waals surface area contributed by atoms with Gasteiger partial charge in [-0.15, -0.1) is 5.10 Å². The van der Waals surface area contributed by atoms with E-state index in [1.54, 1.807) is 30.3 Å². The Hall–Kier alpha value is -2.87. The molecule has 0 atom stereocenters. The number of nitrogens with one attached hydrogen (secondary N) is 1. The van der Waals surface area contributed by atoms with Crippen molar-refractivity contribution in [1.29, 1.82) is 0 Å². The molecule has 1 amide bonds. The lowest BCUT2D eigenvalue weighted by molar-refractivity contribution is -0.117. The van der Waals surface area contributed by atoms with Crippen LogP contribution in [0.2, 0.25) is 5.02 Å². The Bertz CT molecular complexity index is 1050. The highest BCUT2D eigenvalue weighted by Gasteiger charge is 2.21. The van der Waals surface area contributed by atoms with Gasteiger partial charge in [0.25, 0.3) is 0 Å². The van der Waals surface area contributed by atoms with Gasteiger partial charge in [0.05, 0.1) is 0 Å². The number of halogens is 1. The van der Waals surface area contributed by atoms with Crippen LogP contribution in [0.3, 0.4) is 0 Å². The molecule has 9 heteroatoms. The zero-order chi connectivity index (χ0) is 19.0. The standard InChI is InChI=1S/C18H19ClN6O2/c1-12-10-15-22-24(11-16(26)21-14-6-4-13(19)5-7-14)18(27)25(15)17(20-12)23-8-2-3-9-23/h4-7,10H,2-3,8-9,11H2,1H3,(H,21,26). The van der Waals surface area contributed by atoms with Gasteiger partial charge < -0.3 is 10.2 Å². The van der Waals surface area contributed by atoms with Crippen molar-refractivity contribution >= 4 is 34.8 Å². The molecule has 8 nitrogen and oxygen atoms in total. The molecule has 27 heavy (non-hydrogen) atoms. The van der Waals surface area contributed by atoms with Crippen LogP contribution in [0.5, 0.6) is 0 Å². The average Bonchev–Trinajstić information content (AvgIpc) is 3.26. The molecule has 1 aliphatic heterocycles. The third-order valence-electron chi connectivity index (χ3n) is 4.49. The van der Waals surface area contributed by atoms with Crippen molar-refractivity contribution in [3.8, 4) is 0 Å². The maximum atomic E-state index is 12.8. The normalized spacial score (nSPS) is 14.1. The molecule has 1 aromatic carbocycles. The Labute approximate surface area is 160 Å². The van der Waals surface area contributed by atoms with Crippen LogP contribution in [0.1, 0.15) is 18.5 Å². The smallest absolute Gasteiger partial charge is 0.342 e. The molecule has 3 aromatic rings. The van der Waals surface area contributed by atoms with Gasteiger partial charge in [-0.2, -0.15) is 0 Å². The number of fused-ring (bicyclic) bond motifs is 1.